The van der Waals surface area contributed by atoms with Gasteiger partial charge < -0.3 is 10.2 Å². The minimum atomic E-state index is -0.520. The topological polar surface area (TPSA) is 49.4 Å². The van der Waals surface area contributed by atoms with Gasteiger partial charge in [0.15, 0.2) is 0 Å². The maximum Gasteiger partial charge on any atom is 0.242 e. The molecular weight excluding hydrogens is 336 g/mol. The van der Waals surface area contributed by atoms with Gasteiger partial charge in [0.1, 0.15) is 6.04 Å². The van der Waals surface area contributed by atoms with Crippen LogP contribution in [0.15, 0.2) is 60.7 Å². The fourth-order valence-corrected chi connectivity index (χ4v) is 2.87. The molecule has 4 nitrogen and oxygen atoms in total. The Kier molecular flexibility index (Phi) is 8.05. The molecule has 0 aromatic heterocycles. The van der Waals surface area contributed by atoms with E-state index in [2.05, 4.69) is 19.2 Å². The molecule has 2 aromatic carbocycles. The van der Waals surface area contributed by atoms with Crippen LogP contribution >= 0.6 is 0 Å². The first-order valence-electron chi connectivity index (χ1n) is 9.62. The van der Waals surface area contributed by atoms with Gasteiger partial charge in [0.05, 0.1) is 6.42 Å². The molecule has 1 atom stereocenters. The third kappa shape index (κ3) is 6.89. The number of hydrogen-bond donors (Lipinski definition) is 1. The molecule has 0 aliphatic heterocycles. The predicted octanol–water partition coefficient (Wildman–Crippen LogP) is 3.81. The summed E-state index contributed by atoms with van der Waals surface area (Å²) in [6.07, 6.45) is 1.21. The SMILES string of the molecule is CC(C)CCNC(=O)[C@@H](C)N(Cc1ccccc1)C(=O)Cc1ccccc1. The van der Waals surface area contributed by atoms with E-state index in [-0.39, 0.29) is 18.2 Å². The van der Waals surface area contributed by atoms with Crippen LogP contribution in [0.1, 0.15) is 38.3 Å². The first-order chi connectivity index (χ1) is 13.0. The molecule has 2 rings (SSSR count). The lowest BCUT2D eigenvalue weighted by molar-refractivity contribution is -0.140. The average Bonchev–Trinajstić information content (AvgIpc) is 2.66. The van der Waals surface area contributed by atoms with Crippen LogP contribution < -0.4 is 5.32 Å². The number of benzene rings is 2. The zero-order chi connectivity index (χ0) is 19.6. The highest BCUT2D eigenvalue weighted by atomic mass is 16.2. The first-order valence-corrected chi connectivity index (χ1v) is 9.62. The fourth-order valence-electron chi connectivity index (χ4n) is 2.87. The van der Waals surface area contributed by atoms with Gasteiger partial charge in [-0.2, -0.15) is 0 Å². The second-order valence-electron chi connectivity index (χ2n) is 7.32. The fraction of sp³-hybridized carbons (Fsp3) is 0.391. The lowest BCUT2D eigenvalue weighted by atomic mass is 10.1. The molecule has 0 saturated heterocycles. The normalized spacial score (nSPS) is 11.9. The van der Waals surface area contributed by atoms with Crippen LogP contribution in [-0.2, 0) is 22.6 Å². The monoisotopic (exact) mass is 366 g/mol. The van der Waals surface area contributed by atoms with Crippen molar-refractivity contribution in [1.82, 2.24) is 10.2 Å². The number of nitrogens with one attached hydrogen (secondary N) is 1. The Balaban J connectivity index is 2.10. The summed E-state index contributed by atoms with van der Waals surface area (Å²) < 4.78 is 0. The van der Waals surface area contributed by atoms with Gasteiger partial charge in [-0.05, 0) is 30.4 Å². The van der Waals surface area contributed by atoms with E-state index >= 15 is 0 Å². The van der Waals surface area contributed by atoms with Crippen molar-refractivity contribution in [2.75, 3.05) is 6.54 Å². The summed E-state index contributed by atoms with van der Waals surface area (Å²) in [6, 6.07) is 18.9. The lowest BCUT2D eigenvalue weighted by Gasteiger charge is -2.29. The summed E-state index contributed by atoms with van der Waals surface area (Å²) in [5, 5.41) is 2.97. The van der Waals surface area contributed by atoms with Crippen LogP contribution in [0.25, 0.3) is 0 Å². The Bertz CT molecular complexity index is 714. The van der Waals surface area contributed by atoms with Gasteiger partial charge in [-0.15, -0.1) is 0 Å². The van der Waals surface area contributed by atoms with Crippen LogP contribution in [0.4, 0.5) is 0 Å². The van der Waals surface area contributed by atoms with Crippen LogP contribution in [0.2, 0.25) is 0 Å². The van der Waals surface area contributed by atoms with Crippen LogP contribution in [0, 0.1) is 5.92 Å². The molecule has 1 N–H and O–H groups in total. The first kappa shape index (κ1) is 20.7. The predicted molar refractivity (Wildman–Crippen MR) is 109 cm³/mol. The van der Waals surface area contributed by atoms with Gasteiger partial charge in [0.25, 0.3) is 0 Å². The summed E-state index contributed by atoms with van der Waals surface area (Å²) >= 11 is 0. The molecule has 4 heteroatoms. The molecule has 27 heavy (non-hydrogen) atoms. The van der Waals surface area contributed by atoms with E-state index in [1.807, 2.05) is 60.7 Å². The number of carbonyl (C=O) groups is 2. The Morgan fingerprint density at radius 2 is 1.44 bits per heavy atom. The van der Waals surface area contributed by atoms with Crippen LogP contribution in [0.5, 0.6) is 0 Å². The van der Waals surface area contributed by atoms with Gasteiger partial charge in [0, 0.05) is 13.1 Å². The largest absolute Gasteiger partial charge is 0.354 e. The van der Waals surface area contributed by atoms with Gasteiger partial charge in [-0.25, -0.2) is 0 Å². The van der Waals surface area contributed by atoms with E-state index in [4.69, 9.17) is 0 Å². The van der Waals surface area contributed by atoms with Crippen molar-refractivity contribution < 1.29 is 9.59 Å². The molecule has 0 aliphatic carbocycles. The maximum absolute atomic E-state index is 13.0. The van der Waals surface area contributed by atoms with Crippen LogP contribution in [-0.4, -0.2) is 29.3 Å². The summed E-state index contributed by atoms with van der Waals surface area (Å²) in [5.41, 5.74) is 1.97. The smallest absolute Gasteiger partial charge is 0.242 e. The third-order valence-corrected chi connectivity index (χ3v) is 4.58. The molecule has 0 saturated carbocycles. The molecule has 2 amide bonds. The van der Waals surface area contributed by atoms with Crippen molar-refractivity contribution in [3.05, 3.63) is 71.8 Å². The molecule has 0 radical (unpaired) electrons. The van der Waals surface area contributed by atoms with E-state index in [9.17, 15) is 9.59 Å². The van der Waals surface area contributed by atoms with E-state index < -0.39 is 6.04 Å². The second kappa shape index (κ2) is 10.5. The number of hydrogen-bond acceptors (Lipinski definition) is 2. The van der Waals surface area contributed by atoms with Crippen molar-refractivity contribution in [2.45, 2.75) is 46.2 Å². The van der Waals surface area contributed by atoms with Gasteiger partial charge in [0.2, 0.25) is 11.8 Å². The zero-order valence-electron chi connectivity index (χ0n) is 16.5. The quantitative estimate of drug-likeness (QED) is 0.734. The number of nitrogens with zero attached hydrogens (tertiary/aromatic N) is 1. The van der Waals surface area contributed by atoms with E-state index in [0.717, 1.165) is 17.5 Å². The highest BCUT2D eigenvalue weighted by molar-refractivity contribution is 5.88. The maximum atomic E-state index is 13.0. The summed E-state index contributed by atoms with van der Waals surface area (Å²) in [5.74, 6) is 0.380. The zero-order valence-corrected chi connectivity index (χ0v) is 16.5. The van der Waals surface area contributed by atoms with E-state index in [1.165, 1.54) is 0 Å². The molecule has 0 bridgehead atoms. The van der Waals surface area contributed by atoms with E-state index in [1.54, 1.807) is 11.8 Å². The Morgan fingerprint density at radius 3 is 2.00 bits per heavy atom. The van der Waals surface area contributed by atoms with Gasteiger partial charge in [-0.1, -0.05) is 74.5 Å². The molecule has 2 aromatic rings. The van der Waals surface area contributed by atoms with Crippen LogP contribution in [0.3, 0.4) is 0 Å². The number of rotatable bonds is 9. The third-order valence-electron chi connectivity index (χ3n) is 4.58. The van der Waals surface area contributed by atoms with Gasteiger partial charge >= 0.3 is 0 Å². The minimum Gasteiger partial charge on any atom is -0.354 e. The van der Waals surface area contributed by atoms with Crippen molar-refractivity contribution in [1.29, 1.82) is 0 Å². The standard InChI is InChI=1S/C23H30N2O2/c1-18(2)14-15-24-23(27)19(3)25(17-21-12-8-5-9-13-21)22(26)16-20-10-6-4-7-11-20/h4-13,18-19H,14-17H2,1-3H3,(H,24,27)/t19-/m1/s1. The molecule has 0 spiro atoms. The molecule has 144 valence electrons. The molecule has 0 fully saturated rings. The highest BCUT2D eigenvalue weighted by Gasteiger charge is 2.26. The number of amides is 2. The van der Waals surface area contributed by atoms with Gasteiger partial charge in [-0.3, -0.25) is 9.59 Å². The second-order valence-corrected chi connectivity index (χ2v) is 7.32. The molecular formula is C23H30N2O2. The summed E-state index contributed by atoms with van der Waals surface area (Å²) in [6.45, 7) is 7.11. The molecule has 0 heterocycles. The Morgan fingerprint density at radius 1 is 0.889 bits per heavy atom. The Hall–Kier alpha value is -2.62. The summed E-state index contributed by atoms with van der Waals surface area (Å²) in [4.78, 5) is 27.3. The highest BCUT2D eigenvalue weighted by Crippen LogP contribution is 2.12. The molecule has 0 aliphatic rings. The Labute approximate surface area is 162 Å². The van der Waals surface area contributed by atoms with Crippen molar-refractivity contribution in [3.63, 3.8) is 0 Å². The van der Waals surface area contributed by atoms with Crippen molar-refractivity contribution >= 4 is 11.8 Å². The van der Waals surface area contributed by atoms with E-state index in [0.29, 0.717) is 19.0 Å². The van der Waals surface area contributed by atoms with Crippen molar-refractivity contribution in [3.8, 4) is 0 Å². The minimum absolute atomic E-state index is 0.0448. The summed E-state index contributed by atoms with van der Waals surface area (Å²) in [7, 11) is 0. The molecule has 0 unspecified atom stereocenters. The average molecular weight is 367 g/mol. The van der Waals surface area contributed by atoms with Crippen molar-refractivity contribution in [2.24, 2.45) is 5.92 Å². The number of carbonyl (C=O) groups excluding carboxylic acids is 2. The lowest BCUT2D eigenvalue weighted by Crippen LogP contribution is -2.48.